The number of carbonyl (C=O) groups is 1. The van der Waals surface area contributed by atoms with Crippen molar-refractivity contribution in [2.75, 3.05) is 0 Å². The van der Waals surface area contributed by atoms with Crippen molar-refractivity contribution in [3.05, 3.63) is 11.6 Å². The Morgan fingerprint density at radius 1 is 0.436 bits per heavy atom. The summed E-state index contributed by atoms with van der Waals surface area (Å²) in [5, 5.41) is 93.8. The highest BCUT2D eigenvalue weighted by atomic mass is 16.5. The third kappa shape index (κ3) is 28.8. The molecule has 0 saturated carbocycles. The van der Waals surface area contributed by atoms with E-state index in [1.807, 2.05) is 27.7 Å². The molecule has 11 heteroatoms. The molecule has 0 saturated heterocycles. The summed E-state index contributed by atoms with van der Waals surface area (Å²) >= 11 is 0. The van der Waals surface area contributed by atoms with E-state index in [9.17, 15) is 50.8 Å². The zero-order valence-corrected chi connectivity index (χ0v) is 35.1. The Labute approximate surface area is 333 Å². The molecule has 10 atom stereocenters. The summed E-state index contributed by atoms with van der Waals surface area (Å²) < 4.78 is 5.89. The molecule has 0 bridgehead atoms. The number of aliphatic hydroxyl groups is 9. The lowest BCUT2D eigenvalue weighted by atomic mass is 9.85. The minimum atomic E-state index is -0.844. The maximum atomic E-state index is 12.8. The molecule has 0 aromatic carbocycles. The van der Waals surface area contributed by atoms with Gasteiger partial charge in [0.15, 0.2) is 0 Å². The van der Waals surface area contributed by atoms with Crippen molar-refractivity contribution in [3.63, 3.8) is 0 Å². The first kappa shape index (κ1) is 51.9. The predicted octanol–water partition coefficient (Wildman–Crippen LogP) is 6.29. The van der Waals surface area contributed by atoms with Gasteiger partial charge in [0.05, 0.1) is 54.9 Å². The van der Waals surface area contributed by atoms with Crippen LogP contribution < -0.4 is 0 Å². The van der Waals surface area contributed by atoms with E-state index in [1.165, 1.54) is 0 Å². The first-order valence-electron chi connectivity index (χ1n) is 21.9. The fraction of sp³-hybridized carbons (Fsp3) is 0.932. The number of carbonyl (C=O) groups excluding carboxylic acids is 1. The van der Waals surface area contributed by atoms with Gasteiger partial charge in [0.1, 0.15) is 6.10 Å². The fourth-order valence-electron chi connectivity index (χ4n) is 7.65. The van der Waals surface area contributed by atoms with Crippen molar-refractivity contribution >= 4 is 5.97 Å². The van der Waals surface area contributed by atoms with Gasteiger partial charge >= 0.3 is 5.97 Å². The van der Waals surface area contributed by atoms with Crippen LogP contribution >= 0.6 is 0 Å². The van der Waals surface area contributed by atoms with Gasteiger partial charge in [-0.3, -0.25) is 0 Å². The van der Waals surface area contributed by atoms with Crippen molar-refractivity contribution < 1.29 is 55.5 Å². The molecule has 0 fully saturated rings. The SMILES string of the molecule is C/C1=C\C(=O)O[C@@H](C(C)(C)C)CCC[C@@H](O)CCC[C@H](O)CCC[C@H](O)CCC[C@@H](O)C[C@H](O)C[C@@H](O)CCC[C@H](O)CCC[C@H](O)C[C@@H](O)CCCCC1. The van der Waals surface area contributed by atoms with Crippen LogP contribution in [0, 0.1) is 5.41 Å². The number of hydrogen-bond acceptors (Lipinski definition) is 11. The highest BCUT2D eigenvalue weighted by Crippen LogP contribution is 2.28. The van der Waals surface area contributed by atoms with Crippen LogP contribution in [0.4, 0.5) is 0 Å². The van der Waals surface area contributed by atoms with Crippen LogP contribution in [0.3, 0.4) is 0 Å². The van der Waals surface area contributed by atoms with Gasteiger partial charge in [0, 0.05) is 6.08 Å². The fourth-order valence-corrected chi connectivity index (χ4v) is 7.65. The molecule has 0 spiro atoms. The summed E-state index contributed by atoms with van der Waals surface area (Å²) in [6, 6.07) is 0. The van der Waals surface area contributed by atoms with Crippen LogP contribution in [0.25, 0.3) is 0 Å². The molecule has 11 nitrogen and oxygen atoms in total. The minimum absolute atomic E-state index is 0.149. The second kappa shape index (κ2) is 30.0. The first-order chi connectivity index (χ1) is 25.9. The normalized spacial score (nSPS) is 35.4. The lowest BCUT2D eigenvalue weighted by Gasteiger charge is -2.30. The molecule has 0 aliphatic carbocycles. The molecule has 1 aliphatic heterocycles. The van der Waals surface area contributed by atoms with E-state index < -0.39 is 54.9 Å². The van der Waals surface area contributed by atoms with E-state index in [4.69, 9.17) is 4.74 Å². The Kier molecular flexibility index (Phi) is 28.3. The van der Waals surface area contributed by atoms with Crippen molar-refractivity contribution in [2.24, 2.45) is 5.41 Å². The van der Waals surface area contributed by atoms with Gasteiger partial charge in [-0.15, -0.1) is 0 Å². The van der Waals surface area contributed by atoms with Gasteiger partial charge in [-0.2, -0.15) is 0 Å². The van der Waals surface area contributed by atoms with Gasteiger partial charge in [-0.25, -0.2) is 4.79 Å². The number of ether oxygens (including phenoxy) is 1. The Balaban J connectivity index is 2.67. The summed E-state index contributed by atoms with van der Waals surface area (Å²) in [5.74, 6) is -0.352. The molecule has 9 N–H and O–H groups in total. The lowest BCUT2D eigenvalue weighted by molar-refractivity contribution is -0.149. The third-order valence-corrected chi connectivity index (χ3v) is 11.2. The molecule has 0 unspecified atom stereocenters. The van der Waals surface area contributed by atoms with E-state index in [-0.39, 0.29) is 30.3 Å². The van der Waals surface area contributed by atoms with E-state index in [0.717, 1.165) is 31.3 Å². The Bertz CT molecular complexity index is 985. The molecule has 0 radical (unpaired) electrons. The molecular formula is C44H84O11. The van der Waals surface area contributed by atoms with Gasteiger partial charge in [0.2, 0.25) is 0 Å². The monoisotopic (exact) mass is 789 g/mol. The number of rotatable bonds is 0. The smallest absolute Gasteiger partial charge is 0.330 e. The standard InChI is InChI=1S/C44H84O11/c1-32-14-6-5-7-15-37(49)29-38(50)24-10-20-35(47)22-12-26-40(52)31-41(53)30-39(51)25-11-21-34(46)18-8-16-33(45)17-9-19-36(48)23-13-27-42(44(2,3)4)55-43(54)28-32/h28,33-42,45-53H,5-27,29-31H2,1-4H3/b32-28+/t33-,34+,35-,36+,37+,38+,39-,40+,41+,42-/m1/s1. The highest BCUT2D eigenvalue weighted by molar-refractivity contribution is 5.82. The van der Waals surface area contributed by atoms with Crippen LogP contribution in [0.2, 0.25) is 0 Å². The molecule has 1 rings (SSSR count). The van der Waals surface area contributed by atoms with E-state index in [1.54, 1.807) is 6.08 Å². The molecule has 0 amide bonds. The van der Waals surface area contributed by atoms with Crippen LogP contribution in [0.5, 0.6) is 0 Å². The van der Waals surface area contributed by atoms with Gasteiger partial charge in [-0.1, -0.05) is 39.2 Å². The lowest BCUT2D eigenvalue weighted by Crippen LogP contribution is -2.31. The predicted molar refractivity (Wildman–Crippen MR) is 217 cm³/mol. The van der Waals surface area contributed by atoms with Crippen LogP contribution in [-0.2, 0) is 9.53 Å². The van der Waals surface area contributed by atoms with Crippen molar-refractivity contribution in [2.45, 2.75) is 256 Å². The topological polar surface area (TPSA) is 208 Å². The van der Waals surface area contributed by atoms with Crippen molar-refractivity contribution in [1.82, 2.24) is 0 Å². The summed E-state index contributed by atoms with van der Waals surface area (Å²) in [6.07, 6.45) is 10.6. The summed E-state index contributed by atoms with van der Waals surface area (Å²) in [4.78, 5) is 12.8. The molecule has 0 aromatic rings. The Morgan fingerprint density at radius 3 is 1.11 bits per heavy atom. The second-order valence-electron chi connectivity index (χ2n) is 18.1. The van der Waals surface area contributed by atoms with Crippen LogP contribution in [0.1, 0.15) is 195 Å². The number of hydrogen-bond donors (Lipinski definition) is 9. The molecule has 326 valence electrons. The Hall–Kier alpha value is -1.15. The average Bonchev–Trinajstić information content (AvgIpc) is 3.06. The van der Waals surface area contributed by atoms with E-state index in [2.05, 4.69) is 0 Å². The molecule has 55 heavy (non-hydrogen) atoms. The molecule has 1 heterocycles. The third-order valence-electron chi connectivity index (χ3n) is 11.2. The summed E-state index contributed by atoms with van der Waals surface area (Å²) in [6.45, 7) is 8.06. The van der Waals surface area contributed by atoms with Gasteiger partial charge in [0.25, 0.3) is 0 Å². The number of cyclic esters (lactones) is 1. The highest BCUT2D eigenvalue weighted by Gasteiger charge is 2.28. The maximum Gasteiger partial charge on any atom is 0.330 e. The zero-order valence-electron chi connectivity index (χ0n) is 35.1. The number of allylic oxidation sites excluding steroid dienone is 1. The van der Waals surface area contributed by atoms with Crippen LogP contribution in [0.15, 0.2) is 11.6 Å². The largest absolute Gasteiger partial charge is 0.459 e. The van der Waals surface area contributed by atoms with Crippen molar-refractivity contribution in [1.29, 1.82) is 0 Å². The van der Waals surface area contributed by atoms with Gasteiger partial charge < -0.3 is 50.7 Å². The van der Waals surface area contributed by atoms with E-state index in [0.29, 0.717) is 128 Å². The number of esters is 1. The average molecular weight is 789 g/mol. The molecule has 0 aromatic heterocycles. The van der Waals surface area contributed by atoms with Gasteiger partial charge in [-0.05, 0) is 166 Å². The molecule has 1 aliphatic rings. The zero-order chi connectivity index (χ0) is 41.2. The Morgan fingerprint density at radius 2 is 0.745 bits per heavy atom. The quantitative estimate of drug-likeness (QED) is 0.125. The minimum Gasteiger partial charge on any atom is -0.459 e. The number of aliphatic hydroxyl groups excluding tert-OH is 9. The van der Waals surface area contributed by atoms with Crippen molar-refractivity contribution in [3.8, 4) is 0 Å². The summed E-state index contributed by atoms with van der Waals surface area (Å²) in [5.41, 5.74) is 0.692. The molecular weight excluding hydrogens is 704 g/mol. The maximum absolute atomic E-state index is 12.8. The van der Waals surface area contributed by atoms with E-state index >= 15 is 0 Å². The first-order valence-corrected chi connectivity index (χ1v) is 21.9. The second-order valence-corrected chi connectivity index (χ2v) is 18.1. The van der Waals surface area contributed by atoms with Crippen LogP contribution in [-0.4, -0.2) is 113 Å². The summed E-state index contributed by atoms with van der Waals surface area (Å²) in [7, 11) is 0.